The largest absolute Gasteiger partial charge is 0.380 e. The minimum atomic E-state index is -0.368. The predicted molar refractivity (Wildman–Crippen MR) is 84.9 cm³/mol. The minimum Gasteiger partial charge on any atom is -0.380 e. The van der Waals surface area contributed by atoms with Crippen LogP contribution in [0.3, 0.4) is 0 Å². The fraction of sp³-hybridized carbons (Fsp3) is 0.333. The number of thiophene rings is 1. The van der Waals surface area contributed by atoms with Crippen molar-refractivity contribution >= 4 is 22.7 Å². The maximum absolute atomic E-state index is 11.1. The first-order chi connectivity index (χ1) is 10.2. The van der Waals surface area contributed by atoms with E-state index in [9.17, 15) is 10.1 Å². The van der Waals surface area contributed by atoms with E-state index >= 15 is 0 Å². The Kier molecular flexibility index (Phi) is 5.71. The summed E-state index contributed by atoms with van der Waals surface area (Å²) < 4.78 is 5.59. The summed E-state index contributed by atoms with van der Waals surface area (Å²) in [5.74, 6) is 0. The second-order valence-electron chi connectivity index (χ2n) is 4.52. The number of nitro groups is 1. The molecule has 0 saturated heterocycles. The average Bonchev–Trinajstić information content (AvgIpc) is 2.98. The first-order valence-electron chi connectivity index (χ1n) is 6.82. The van der Waals surface area contributed by atoms with Crippen LogP contribution in [0.15, 0.2) is 35.7 Å². The first-order valence-corrected chi connectivity index (χ1v) is 7.70. The van der Waals surface area contributed by atoms with Gasteiger partial charge in [0.2, 0.25) is 0 Å². The van der Waals surface area contributed by atoms with Gasteiger partial charge in [-0.2, -0.15) is 0 Å². The summed E-state index contributed by atoms with van der Waals surface area (Å²) >= 11 is 1.71. The van der Waals surface area contributed by atoms with Crippen LogP contribution in [0.2, 0.25) is 0 Å². The van der Waals surface area contributed by atoms with Crippen LogP contribution in [0.5, 0.6) is 0 Å². The normalized spacial score (nSPS) is 10.5. The van der Waals surface area contributed by atoms with E-state index in [1.807, 2.05) is 24.4 Å². The molecule has 6 heteroatoms. The zero-order chi connectivity index (χ0) is 15.1. The minimum absolute atomic E-state index is 0.0937. The third-order valence-electron chi connectivity index (χ3n) is 2.97. The highest BCUT2D eigenvalue weighted by atomic mass is 32.1. The molecule has 1 N–H and O–H groups in total. The van der Waals surface area contributed by atoms with Crippen LogP contribution in [0.1, 0.15) is 17.4 Å². The van der Waals surface area contributed by atoms with Gasteiger partial charge in [-0.3, -0.25) is 10.1 Å². The number of ether oxygens (including phenoxy) is 1. The van der Waals surface area contributed by atoms with E-state index in [1.54, 1.807) is 23.5 Å². The second-order valence-corrected chi connectivity index (χ2v) is 5.55. The highest BCUT2D eigenvalue weighted by Gasteiger charge is 2.13. The van der Waals surface area contributed by atoms with Crippen molar-refractivity contribution in [2.24, 2.45) is 0 Å². The molecule has 0 aliphatic carbocycles. The summed E-state index contributed by atoms with van der Waals surface area (Å²) in [6.45, 7) is 3.56. The van der Waals surface area contributed by atoms with Gasteiger partial charge in [0.25, 0.3) is 5.69 Å². The van der Waals surface area contributed by atoms with Crippen LogP contribution in [-0.2, 0) is 17.8 Å². The van der Waals surface area contributed by atoms with E-state index in [0.29, 0.717) is 25.4 Å². The van der Waals surface area contributed by atoms with Gasteiger partial charge in [-0.15, -0.1) is 11.3 Å². The van der Waals surface area contributed by atoms with Gasteiger partial charge >= 0.3 is 0 Å². The Balaban J connectivity index is 1.90. The predicted octanol–water partition coefficient (Wildman–Crippen LogP) is 3.85. The van der Waals surface area contributed by atoms with Gasteiger partial charge in [0, 0.05) is 23.9 Å². The Morgan fingerprint density at radius 1 is 1.38 bits per heavy atom. The Morgan fingerprint density at radius 2 is 2.24 bits per heavy atom. The van der Waals surface area contributed by atoms with Crippen LogP contribution >= 0.6 is 11.3 Å². The molecule has 5 nitrogen and oxygen atoms in total. The van der Waals surface area contributed by atoms with E-state index in [4.69, 9.17) is 4.74 Å². The van der Waals surface area contributed by atoms with Crippen molar-refractivity contribution in [3.63, 3.8) is 0 Å². The smallest absolute Gasteiger partial charge is 0.292 e. The van der Waals surface area contributed by atoms with Gasteiger partial charge in [0.1, 0.15) is 5.69 Å². The quantitative estimate of drug-likeness (QED) is 0.457. The molecule has 0 radical (unpaired) electrons. The van der Waals surface area contributed by atoms with Gasteiger partial charge in [-0.05, 0) is 30.0 Å². The summed E-state index contributed by atoms with van der Waals surface area (Å²) in [6, 6.07) is 9.26. The Bertz CT molecular complexity index is 585. The number of benzene rings is 1. The molecule has 1 aromatic heterocycles. The average molecular weight is 306 g/mol. The number of nitrogens with one attached hydrogen (secondary N) is 1. The number of rotatable bonds is 8. The molecule has 1 heterocycles. The zero-order valence-corrected chi connectivity index (χ0v) is 12.7. The molecule has 0 aliphatic rings. The molecule has 112 valence electrons. The molecular weight excluding hydrogens is 288 g/mol. The van der Waals surface area contributed by atoms with Crippen molar-refractivity contribution in [2.75, 3.05) is 18.5 Å². The summed E-state index contributed by atoms with van der Waals surface area (Å²) in [5, 5.41) is 16.1. The van der Waals surface area contributed by atoms with Gasteiger partial charge in [-0.1, -0.05) is 12.1 Å². The van der Waals surface area contributed by atoms with Crippen molar-refractivity contribution in [3.8, 4) is 0 Å². The van der Waals surface area contributed by atoms with Crippen molar-refractivity contribution < 1.29 is 9.66 Å². The third-order valence-corrected chi connectivity index (χ3v) is 3.90. The van der Waals surface area contributed by atoms with Gasteiger partial charge in [-0.25, -0.2) is 0 Å². The van der Waals surface area contributed by atoms with Crippen LogP contribution in [0, 0.1) is 10.1 Å². The maximum Gasteiger partial charge on any atom is 0.292 e. The van der Waals surface area contributed by atoms with E-state index in [0.717, 1.165) is 12.0 Å². The monoisotopic (exact) mass is 306 g/mol. The summed E-state index contributed by atoms with van der Waals surface area (Å²) in [4.78, 5) is 12.0. The molecule has 2 rings (SSSR count). The highest BCUT2D eigenvalue weighted by Crippen LogP contribution is 2.25. The topological polar surface area (TPSA) is 64.4 Å². The lowest BCUT2D eigenvalue weighted by atomic mass is 10.2. The second kappa shape index (κ2) is 7.75. The number of nitrogens with zero attached hydrogens (tertiary/aromatic N) is 1. The van der Waals surface area contributed by atoms with Gasteiger partial charge < -0.3 is 10.1 Å². The number of hydrogen-bond donors (Lipinski definition) is 1. The molecule has 1 aromatic carbocycles. The Morgan fingerprint density at radius 3 is 2.90 bits per heavy atom. The van der Waals surface area contributed by atoms with E-state index in [-0.39, 0.29) is 10.6 Å². The van der Waals surface area contributed by atoms with Crippen molar-refractivity contribution in [1.29, 1.82) is 0 Å². The Labute approximate surface area is 127 Å². The molecule has 0 atom stereocenters. The van der Waals surface area contributed by atoms with Gasteiger partial charge in [0.05, 0.1) is 18.1 Å². The molecule has 0 bridgehead atoms. The fourth-order valence-electron chi connectivity index (χ4n) is 1.98. The van der Waals surface area contributed by atoms with E-state index < -0.39 is 0 Å². The van der Waals surface area contributed by atoms with E-state index in [2.05, 4.69) is 11.4 Å². The Hall–Kier alpha value is -1.92. The highest BCUT2D eigenvalue weighted by molar-refractivity contribution is 7.09. The SMILES string of the molecule is CCNc1ccc(COCCc2cccs2)cc1[N+](=O)[O-]. The fourth-order valence-corrected chi connectivity index (χ4v) is 2.67. The zero-order valence-electron chi connectivity index (χ0n) is 11.9. The molecule has 0 aliphatic heterocycles. The molecule has 0 amide bonds. The molecular formula is C15H18N2O3S. The lowest BCUT2D eigenvalue weighted by Crippen LogP contribution is -2.03. The summed E-state index contributed by atoms with van der Waals surface area (Å²) in [5.41, 5.74) is 1.45. The van der Waals surface area contributed by atoms with Crippen molar-refractivity contribution in [2.45, 2.75) is 20.0 Å². The van der Waals surface area contributed by atoms with Crippen molar-refractivity contribution in [3.05, 3.63) is 56.3 Å². The van der Waals surface area contributed by atoms with Crippen LogP contribution in [0.25, 0.3) is 0 Å². The summed E-state index contributed by atoms with van der Waals surface area (Å²) in [6.07, 6.45) is 0.870. The van der Waals surface area contributed by atoms with Gasteiger partial charge in [0.15, 0.2) is 0 Å². The maximum atomic E-state index is 11.1. The third kappa shape index (κ3) is 4.54. The first kappa shape index (κ1) is 15.5. The molecule has 0 fully saturated rings. The molecule has 0 saturated carbocycles. The number of anilines is 1. The molecule has 0 spiro atoms. The number of hydrogen-bond acceptors (Lipinski definition) is 5. The van der Waals surface area contributed by atoms with E-state index in [1.165, 1.54) is 4.88 Å². The van der Waals surface area contributed by atoms with Crippen LogP contribution in [0.4, 0.5) is 11.4 Å². The van der Waals surface area contributed by atoms with Crippen molar-refractivity contribution in [1.82, 2.24) is 0 Å². The van der Waals surface area contributed by atoms with Crippen LogP contribution in [-0.4, -0.2) is 18.1 Å². The standard InChI is InChI=1S/C15H18N2O3S/c1-2-16-14-6-5-12(10-15(14)17(18)19)11-20-8-7-13-4-3-9-21-13/h3-6,9-10,16H,2,7-8,11H2,1H3. The van der Waals surface area contributed by atoms with Crippen LogP contribution < -0.4 is 5.32 Å². The number of nitro benzene ring substituents is 1. The molecule has 2 aromatic rings. The lowest BCUT2D eigenvalue weighted by molar-refractivity contribution is -0.384. The molecule has 0 unspecified atom stereocenters. The summed E-state index contributed by atoms with van der Waals surface area (Å²) in [7, 11) is 0. The lowest BCUT2D eigenvalue weighted by Gasteiger charge is -2.07. The molecule has 21 heavy (non-hydrogen) atoms.